The molecule has 1 fully saturated rings. The second kappa shape index (κ2) is 5.85. The summed E-state index contributed by atoms with van der Waals surface area (Å²) in [5.41, 5.74) is 0.210. The standard InChI is InChI=1S/C16H20ClNO3/c17-12-4-5-13-11(8-12)9-14(21-13)15(19)18-10-16(20)6-2-1-3-7-16/h4-5,8,14,20H,1-3,6-7,9-10H2,(H,18,19). The second-order valence-corrected chi connectivity index (χ2v) is 6.50. The molecule has 1 amide bonds. The van der Waals surface area contributed by atoms with Gasteiger partial charge in [-0.2, -0.15) is 0 Å². The van der Waals surface area contributed by atoms with Crippen molar-refractivity contribution in [2.45, 2.75) is 50.2 Å². The number of carbonyl (C=O) groups is 1. The first-order valence-corrected chi connectivity index (χ1v) is 7.89. The molecule has 4 nitrogen and oxygen atoms in total. The van der Waals surface area contributed by atoms with Crippen LogP contribution >= 0.6 is 11.6 Å². The Morgan fingerprint density at radius 1 is 1.38 bits per heavy atom. The molecule has 0 bridgehead atoms. The van der Waals surface area contributed by atoms with Crippen LogP contribution in [-0.4, -0.2) is 29.3 Å². The zero-order valence-electron chi connectivity index (χ0n) is 11.9. The second-order valence-electron chi connectivity index (χ2n) is 6.07. The minimum atomic E-state index is -0.747. The fourth-order valence-electron chi connectivity index (χ4n) is 3.12. The number of carbonyl (C=O) groups excluding carboxylic acids is 1. The summed E-state index contributed by atoms with van der Waals surface area (Å²) in [4.78, 5) is 12.2. The van der Waals surface area contributed by atoms with E-state index in [0.717, 1.165) is 43.4 Å². The fourth-order valence-corrected chi connectivity index (χ4v) is 3.31. The molecule has 1 aromatic rings. The minimum absolute atomic E-state index is 0.165. The monoisotopic (exact) mass is 309 g/mol. The van der Waals surface area contributed by atoms with Gasteiger partial charge in [0.15, 0.2) is 6.10 Å². The Morgan fingerprint density at radius 2 is 2.14 bits per heavy atom. The van der Waals surface area contributed by atoms with E-state index in [1.807, 2.05) is 6.07 Å². The van der Waals surface area contributed by atoms with Crippen molar-refractivity contribution in [1.82, 2.24) is 5.32 Å². The van der Waals surface area contributed by atoms with Crippen LogP contribution in [0.4, 0.5) is 0 Å². The van der Waals surface area contributed by atoms with Crippen LogP contribution in [0, 0.1) is 0 Å². The van der Waals surface area contributed by atoms with Gasteiger partial charge in [-0.15, -0.1) is 0 Å². The topological polar surface area (TPSA) is 58.6 Å². The van der Waals surface area contributed by atoms with Gasteiger partial charge >= 0.3 is 0 Å². The maximum absolute atomic E-state index is 12.2. The number of ether oxygens (including phenoxy) is 1. The lowest BCUT2D eigenvalue weighted by Crippen LogP contribution is -2.47. The summed E-state index contributed by atoms with van der Waals surface area (Å²) in [5, 5.41) is 13.9. The van der Waals surface area contributed by atoms with E-state index in [-0.39, 0.29) is 5.91 Å². The smallest absolute Gasteiger partial charge is 0.261 e. The summed E-state index contributed by atoms with van der Waals surface area (Å²) in [6.07, 6.45) is 4.74. The van der Waals surface area contributed by atoms with Crippen molar-refractivity contribution in [3.63, 3.8) is 0 Å². The zero-order valence-corrected chi connectivity index (χ0v) is 12.7. The van der Waals surface area contributed by atoms with Crippen LogP contribution in [0.2, 0.25) is 5.02 Å². The molecule has 3 rings (SSSR count). The first kappa shape index (κ1) is 14.7. The first-order chi connectivity index (χ1) is 10.1. The highest BCUT2D eigenvalue weighted by molar-refractivity contribution is 6.30. The number of amides is 1. The quantitative estimate of drug-likeness (QED) is 0.901. The zero-order chi connectivity index (χ0) is 14.9. The van der Waals surface area contributed by atoms with Gasteiger partial charge in [-0.1, -0.05) is 30.9 Å². The number of aliphatic hydroxyl groups is 1. The number of hydrogen-bond donors (Lipinski definition) is 2. The van der Waals surface area contributed by atoms with Crippen LogP contribution in [0.25, 0.3) is 0 Å². The highest BCUT2D eigenvalue weighted by atomic mass is 35.5. The van der Waals surface area contributed by atoms with Gasteiger partial charge in [0.2, 0.25) is 0 Å². The molecule has 0 spiro atoms. The molecule has 1 heterocycles. The number of nitrogens with one attached hydrogen (secondary N) is 1. The average Bonchev–Trinajstić information content (AvgIpc) is 2.88. The molecular weight excluding hydrogens is 290 g/mol. The molecule has 2 N–H and O–H groups in total. The number of halogens is 1. The Balaban J connectivity index is 1.55. The van der Waals surface area contributed by atoms with Crippen molar-refractivity contribution in [2.75, 3.05) is 6.54 Å². The molecule has 5 heteroatoms. The van der Waals surface area contributed by atoms with Gasteiger partial charge < -0.3 is 15.2 Å². The molecule has 0 saturated heterocycles. The van der Waals surface area contributed by atoms with Crippen molar-refractivity contribution < 1.29 is 14.6 Å². The average molecular weight is 310 g/mol. The molecule has 1 aliphatic carbocycles. The van der Waals surface area contributed by atoms with Crippen LogP contribution in [0.5, 0.6) is 5.75 Å². The Labute approximate surface area is 129 Å². The van der Waals surface area contributed by atoms with Crippen LogP contribution < -0.4 is 10.1 Å². The largest absolute Gasteiger partial charge is 0.480 e. The van der Waals surface area contributed by atoms with E-state index in [1.54, 1.807) is 12.1 Å². The molecule has 1 aromatic carbocycles. The highest BCUT2D eigenvalue weighted by Gasteiger charge is 2.33. The molecule has 1 aliphatic heterocycles. The van der Waals surface area contributed by atoms with Gasteiger partial charge in [-0.3, -0.25) is 4.79 Å². The molecule has 1 unspecified atom stereocenters. The third kappa shape index (κ3) is 3.33. The summed E-state index contributed by atoms with van der Waals surface area (Å²) >= 11 is 5.94. The highest BCUT2D eigenvalue weighted by Crippen LogP contribution is 2.31. The van der Waals surface area contributed by atoms with E-state index >= 15 is 0 Å². The molecule has 21 heavy (non-hydrogen) atoms. The Morgan fingerprint density at radius 3 is 2.90 bits per heavy atom. The van der Waals surface area contributed by atoms with Crippen molar-refractivity contribution in [3.05, 3.63) is 28.8 Å². The van der Waals surface area contributed by atoms with Crippen molar-refractivity contribution in [1.29, 1.82) is 0 Å². The third-order valence-corrected chi connectivity index (χ3v) is 4.60. The summed E-state index contributed by atoms with van der Waals surface area (Å²) < 4.78 is 5.64. The Bertz CT molecular complexity index is 540. The van der Waals surface area contributed by atoms with Crippen LogP contribution in [-0.2, 0) is 11.2 Å². The van der Waals surface area contributed by atoms with Crippen LogP contribution in [0.3, 0.4) is 0 Å². The number of rotatable bonds is 3. The van der Waals surface area contributed by atoms with Gasteiger partial charge in [0.05, 0.1) is 5.60 Å². The van der Waals surface area contributed by atoms with E-state index < -0.39 is 11.7 Å². The summed E-state index contributed by atoms with van der Waals surface area (Å²) in [7, 11) is 0. The van der Waals surface area contributed by atoms with Crippen molar-refractivity contribution >= 4 is 17.5 Å². The molecule has 2 aliphatic rings. The predicted octanol–water partition coefficient (Wildman–Crippen LogP) is 2.45. The van der Waals surface area contributed by atoms with E-state index in [0.29, 0.717) is 18.0 Å². The van der Waals surface area contributed by atoms with Crippen molar-refractivity contribution in [2.24, 2.45) is 0 Å². The normalized spacial score (nSPS) is 23.2. The predicted molar refractivity (Wildman–Crippen MR) is 80.6 cm³/mol. The van der Waals surface area contributed by atoms with E-state index in [9.17, 15) is 9.90 Å². The number of fused-ring (bicyclic) bond motifs is 1. The lowest BCUT2D eigenvalue weighted by Gasteiger charge is -2.32. The van der Waals surface area contributed by atoms with Gasteiger partial charge in [0, 0.05) is 18.0 Å². The maximum atomic E-state index is 12.2. The maximum Gasteiger partial charge on any atom is 0.261 e. The fraction of sp³-hybridized carbons (Fsp3) is 0.562. The first-order valence-electron chi connectivity index (χ1n) is 7.51. The van der Waals surface area contributed by atoms with Gasteiger partial charge in [0.25, 0.3) is 5.91 Å². The van der Waals surface area contributed by atoms with Gasteiger partial charge in [0.1, 0.15) is 5.75 Å². The molecule has 1 saturated carbocycles. The van der Waals surface area contributed by atoms with Crippen LogP contribution in [0.15, 0.2) is 18.2 Å². The Hall–Kier alpha value is -1.26. The third-order valence-electron chi connectivity index (χ3n) is 4.37. The molecule has 1 atom stereocenters. The van der Waals surface area contributed by atoms with E-state index in [1.165, 1.54) is 0 Å². The molecule has 0 radical (unpaired) electrons. The van der Waals surface area contributed by atoms with Gasteiger partial charge in [-0.05, 0) is 36.6 Å². The number of benzene rings is 1. The lowest BCUT2D eigenvalue weighted by molar-refractivity contribution is -0.128. The summed E-state index contributed by atoms with van der Waals surface area (Å²) in [6.45, 7) is 0.308. The Kier molecular flexibility index (Phi) is 4.09. The summed E-state index contributed by atoms with van der Waals surface area (Å²) in [5.74, 6) is 0.553. The summed E-state index contributed by atoms with van der Waals surface area (Å²) in [6, 6.07) is 5.38. The molecular formula is C16H20ClNO3. The van der Waals surface area contributed by atoms with Crippen LogP contribution in [0.1, 0.15) is 37.7 Å². The number of hydrogen-bond acceptors (Lipinski definition) is 3. The lowest BCUT2D eigenvalue weighted by atomic mass is 9.85. The van der Waals surface area contributed by atoms with E-state index in [4.69, 9.17) is 16.3 Å². The molecule has 114 valence electrons. The SMILES string of the molecule is O=C(NCC1(O)CCCCC1)C1Cc2cc(Cl)ccc2O1. The minimum Gasteiger partial charge on any atom is -0.480 e. The van der Waals surface area contributed by atoms with Crippen molar-refractivity contribution in [3.8, 4) is 5.75 Å². The van der Waals surface area contributed by atoms with E-state index in [2.05, 4.69) is 5.32 Å². The van der Waals surface area contributed by atoms with Gasteiger partial charge in [-0.25, -0.2) is 0 Å². The molecule has 0 aromatic heterocycles.